The summed E-state index contributed by atoms with van der Waals surface area (Å²) >= 11 is 6.23. The van der Waals surface area contributed by atoms with E-state index in [0.717, 1.165) is 21.7 Å². The predicted molar refractivity (Wildman–Crippen MR) is 84.5 cm³/mol. The van der Waals surface area contributed by atoms with Gasteiger partial charge in [-0.25, -0.2) is 0 Å². The third-order valence-corrected chi connectivity index (χ3v) is 3.54. The van der Waals surface area contributed by atoms with Gasteiger partial charge in [0.05, 0.1) is 0 Å². The monoisotopic (exact) mass is 305 g/mol. The molecule has 0 amide bonds. The number of nitrogens with zero attached hydrogens (tertiary/aromatic N) is 1. The Balaban J connectivity index is 2.29. The van der Waals surface area contributed by atoms with Gasteiger partial charge in [-0.15, -0.1) is 0 Å². The fourth-order valence-electron chi connectivity index (χ4n) is 2.20. The van der Waals surface area contributed by atoms with E-state index in [1.54, 1.807) is 12.4 Å². The molecule has 0 aliphatic carbocycles. The molecule has 0 aliphatic rings. The van der Waals surface area contributed by atoms with E-state index in [4.69, 9.17) is 21.1 Å². The molecule has 0 N–H and O–H groups in total. The molecule has 0 spiro atoms. The molecular formula is C17H20ClNO2. The summed E-state index contributed by atoms with van der Waals surface area (Å²) in [6.45, 7) is 5.14. The highest BCUT2D eigenvalue weighted by atomic mass is 35.5. The van der Waals surface area contributed by atoms with E-state index in [1.165, 1.54) is 0 Å². The van der Waals surface area contributed by atoms with Crippen molar-refractivity contribution in [2.45, 2.75) is 26.6 Å². The lowest BCUT2D eigenvalue weighted by Crippen LogP contribution is -2.11. The number of aromatic nitrogens is 1. The minimum absolute atomic E-state index is 0.341. The van der Waals surface area contributed by atoms with Crippen molar-refractivity contribution in [1.29, 1.82) is 0 Å². The molecule has 0 saturated carbocycles. The van der Waals surface area contributed by atoms with E-state index in [1.807, 2.05) is 38.1 Å². The SMILES string of the molecule is CCOC(OCC)c1ccccc1Cc1cnccc1Cl. The first-order valence-electron chi connectivity index (χ1n) is 7.15. The summed E-state index contributed by atoms with van der Waals surface area (Å²) in [5, 5.41) is 0.726. The molecule has 1 aromatic carbocycles. The van der Waals surface area contributed by atoms with Crippen molar-refractivity contribution >= 4 is 11.6 Å². The quantitative estimate of drug-likeness (QED) is 0.711. The van der Waals surface area contributed by atoms with Gasteiger partial charge in [-0.1, -0.05) is 35.9 Å². The van der Waals surface area contributed by atoms with Crippen molar-refractivity contribution in [3.05, 3.63) is 64.4 Å². The maximum atomic E-state index is 6.23. The molecule has 4 heteroatoms. The number of pyridine rings is 1. The molecule has 0 unspecified atom stereocenters. The molecular weight excluding hydrogens is 286 g/mol. The maximum absolute atomic E-state index is 6.23. The van der Waals surface area contributed by atoms with Crippen LogP contribution in [-0.2, 0) is 15.9 Å². The summed E-state index contributed by atoms with van der Waals surface area (Å²) in [5.74, 6) is 0. The van der Waals surface area contributed by atoms with E-state index in [2.05, 4.69) is 11.1 Å². The van der Waals surface area contributed by atoms with Crippen molar-refractivity contribution in [1.82, 2.24) is 4.98 Å². The summed E-state index contributed by atoms with van der Waals surface area (Å²) in [6.07, 6.45) is 3.86. The first-order chi connectivity index (χ1) is 10.3. The Hall–Kier alpha value is -1.42. The highest BCUT2D eigenvalue weighted by Gasteiger charge is 2.16. The Morgan fingerprint density at radius 3 is 2.43 bits per heavy atom. The van der Waals surface area contributed by atoms with Crippen LogP contribution < -0.4 is 0 Å². The van der Waals surface area contributed by atoms with Crippen LogP contribution in [0.2, 0.25) is 5.02 Å². The molecule has 0 bridgehead atoms. The van der Waals surface area contributed by atoms with Crippen LogP contribution in [0.5, 0.6) is 0 Å². The fourth-order valence-corrected chi connectivity index (χ4v) is 2.37. The van der Waals surface area contributed by atoms with Gasteiger partial charge in [0.2, 0.25) is 0 Å². The summed E-state index contributed by atoms with van der Waals surface area (Å²) in [6, 6.07) is 9.92. The Bertz CT molecular complexity index is 568. The largest absolute Gasteiger partial charge is 0.349 e. The second-order valence-corrected chi connectivity index (χ2v) is 4.99. The topological polar surface area (TPSA) is 31.4 Å². The molecule has 0 radical (unpaired) electrons. The second kappa shape index (κ2) is 8.13. The fraction of sp³-hybridized carbons (Fsp3) is 0.353. The van der Waals surface area contributed by atoms with Crippen LogP contribution >= 0.6 is 11.6 Å². The van der Waals surface area contributed by atoms with Gasteiger partial charge in [0.1, 0.15) is 0 Å². The zero-order valence-electron chi connectivity index (χ0n) is 12.4. The predicted octanol–water partition coefficient (Wildman–Crippen LogP) is 4.40. The third kappa shape index (κ3) is 4.27. The van der Waals surface area contributed by atoms with E-state index < -0.39 is 0 Å². The van der Waals surface area contributed by atoms with Gasteiger partial charge in [0.15, 0.2) is 6.29 Å². The zero-order chi connectivity index (χ0) is 15.1. The summed E-state index contributed by atoms with van der Waals surface area (Å²) in [7, 11) is 0. The van der Waals surface area contributed by atoms with Crippen molar-refractivity contribution in [2.75, 3.05) is 13.2 Å². The summed E-state index contributed by atoms with van der Waals surface area (Å²) in [4.78, 5) is 4.14. The molecule has 21 heavy (non-hydrogen) atoms. The molecule has 112 valence electrons. The van der Waals surface area contributed by atoms with Crippen LogP contribution in [0.15, 0.2) is 42.7 Å². The lowest BCUT2D eigenvalue weighted by molar-refractivity contribution is -0.140. The van der Waals surface area contributed by atoms with E-state index >= 15 is 0 Å². The van der Waals surface area contributed by atoms with E-state index in [-0.39, 0.29) is 6.29 Å². The molecule has 0 fully saturated rings. The van der Waals surface area contributed by atoms with Gasteiger partial charge in [-0.05, 0) is 31.0 Å². The maximum Gasteiger partial charge on any atom is 0.184 e. The Kier molecular flexibility index (Phi) is 6.18. The van der Waals surface area contributed by atoms with Crippen molar-refractivity contribution < 1.29 is 9.47 Å². The van der Waals surface area contributed by atoms with Crippen molar-refractivity contribution in [3.8, 4) is 0 Å². The summed E-state index contributed by atoms with van der Waals surface area (Å²) < 4.78 is 11.4. The second-order valence-electron chi connectivity index (χ2n) is 4.59. The van der Waals surface area contributed by atoms with Gasteiger partial charge < -0.3 is 9.47 Å². The van der Waals surface area contributed by atoms with Gasteiger partial charge in [-0.2, -0.15) is 0 Å². The average molecular weight is 306 g/mol. The van der Waals surface area contributed by atoms with E-state index in [9.17, 15) is 0 Å². The molecule has 2 rings (SSSR count). The first-order valence-corrected chi connectivity index (χ1v) is 7.53. The zero-order valence-corrected chi connectivity index (χ0v) is 13.1. The number of rotatable bonds is 7. The summed E-state index contributed by atoms with van der Waals surface area (Å²) in [5.41, 5.74) is 3.18. The number of hydrogen-bond acceptors (Lipinski definition) is 3. The highest BCUT2D eigenvalue weighted by Crippen LogP contribution is 2.26. The molecule has 1 heterocycles. The lowest BCUT2D eigenvalue weighted by atomic mass is 10.0. The standard InChI is InChI=1S/C17H20ClNO2/c1-3-20-17(21-4-2)15-8-6-5-7-13(15)11-14-12-19-10-9-16(14)18/h5-10,12,17H,3-4,11H2,1-2H3. The van der Waals surface area contributed by atoms with E-state index in [0.29, 0.717) is 19.6 Å². The Labute approximate surface area is 130 Å². The number of benzene rings is 1. The molecule has 0 atom stereocenters. The minimum Gasteiger partial charge on any atom is -0.349 e. The van der Waals surface area contributed by atoms with Crippen LogP contribution in [0.3, 0.4) is 0 Å². The van der Waals surface area contributed by atoms with Crippen LogP contribution in [-0.4, -0.2) is 18.2 Å². The van der Waals surface area contributed by atoms with Crippen molar-refractivity contribution in [2.24, 2.45) is 0 Å². The number of ether oxygens (including phenoxy) is 2. The Morgan fingerprint density at radius 1 is 1.05 bits per heavy atom. The van der Waals surface area contributed by atoms with Crippen LogP contribution in [0, 0.1) is 0 Å². The minimum atomic E-state index is -0.341. The average Bonchev–Trinajstić information content (AvgIpc) is 2.50. The first kappa shape index (κ1) is 16.0. The lowest BCUT2D eigenvalue weighted by Gasteiger charge is -2.20. The number of halogens is 1. The molecule has 2 aromatic rings. The van der Waals surface area contributed by atoms with Gasteiger partial charge >= 0.3 is 0 Å². The van der Waals surface area contributed by atoms with Crippen LogP contribution in [0.4, 0.5) is 0 Å². The van der Waals surface area contributed by atoms with Crippen molar-refractivity contribution in [3.63, 3.8) is 0 Å². The van der Waals surface area contributed by atoms with Gasteiger partial charge in [-0.3, -0.25) is 4.98 Å². The Morgan fingerprint density at radius 2 is 1.76 bits per heavy atom. The third-order valence-electron chi connectivity index (χ3n) is 3.17. The molecule has 0 aliphatic heterocycles. The number of hydrogen-bond donors (Lipinski definition) is 0. The van der Waals surface area contributed by atoms with Crippen LogP contribution in [0.1, 0.15) is 36.8 Å². The molecule has 1 aromatic heterocycles. The van der Waals surface area contributed by atoms with Crippen LogP contribution in [0.25, 0.3) is 0 Å². The highest BCUT2D eigenvalue weighted by molar-refractivity contribution is 6.31. The van der Waals surface area contributed by atoms with Gasteiger partial charge in [0.25, 0.3) is 0 Å². The molecule has 0 saturated heterocycles. The molecule has 3 nitrogen and oxygen atoms in total. The van der Waals surface area contributed by atoms with Gasteiger partial charge in [0, 0.05) is 42.6 Å². The smallest absolute Gasteiger partial charge is 0.184 e. The normalized spacial score (nSPS) is 11.0.